The molecule has 1 aromatic heterocycles. The number of hydrogen-bond donors (Lipinski definition) is 1. The largest absolute Gasteiger partial charge is 0.369 e. The Balaban J connectivity index is 1.38. The first-order valence-electron chi connectivity index (χ1n) is 10.4. The Bertz CT molecular complexity index is 986. The molecule has 6 heteroatoms. The van der Waals surface area contributed by atoms with E-state index in [1.807, 2.05) is 41.3 Å². The van der Waals surface area contributed by atoms with Gasteiger partial charge in [0.25, 0.3) is 11.5 Å². The van der Waals surface area contributed by atoms with Crippen LogP contribution in [0.1, 0.15) is 23.2 Å². The highest BCUT2D eigenvalue weighted by Crippen LogP contribution is 2.55. The Morgan fingerprint density at radius 3 is 2.76 bits per heavy atom. The quantitative estimate of drug-likeness (QED) is 0.865. The molecule has 5 rings (SSSR count). The summed E-state index contributed by atoms with van der Waals surface area (Å²) >= 11 is 0. The molecule has 3 fully saturated rings. The number of benzene rings is 1. The van der Waals surface area contributed by atoms with E-state index in [2.05, 4.69) is 24.0 Å². The number of nitrogens with zero attached hydrogens (tertiary/aromatic N) is 2. The lowest BCUT2D eigenvalue weighted by Gasteiger charge is -2.30. The second-order valence-electron chi connectivity index (χ2n) is 8.96. The maximum absolute atomic E-state index is 13.2. The summed E-state index contributed by atoms with van der Waals surface area (Å²) in [5.41, 5.74) is 1.31. The molecule has 0 aliphatic carbocycles. The van der Waals surface area contributed by atoms with Gasteiger partial charge in [0.05, 0.1) is 18.2 Å². The predicted octanol–water partition coefficient (Wildman–Crippen LogP) is 2.22. The molecule has 29 heavy (non-hydrogen) atoms. The van der Waals surface area contributed by atoms with Crippen LogP contribution in [0.25, 0.3) is 11.3 Å². The van der Waals surface area contributed by atoms with Crippen molar-refractivity contribution in [3.05, 3.63) is 58.4 Å². The molecule has 1 amide bonds. The lowest BCUT2D eigenvalue weighted by Crippen LogP contribution is -2.40. The number of ether oxygens (including phenoxy) is 1. The molecule has 1 aromatic carbocycles. The predicted molar refractivity (Wildman–Crippen MR) is 111 cm³/mol. The molecule has 152 valence electrons. The fraction of sp³-hybridized carbons (Fsp3) is 0.478. The Morgan fingerprint density at radius 1 is 1.24 bits per heavy atom. The number of carbonyl (C=O) groups excluding carboxylic acids is 1. The molecule has 3 aliphatic heterocycles. The Labute approximate surface area is 170 Å². The summed E-state index contributed by atoms with van der Waals surface area (Å²) in [5.74, 6) is 0.621. The van der Waals surface area contributed by atoms with Crippen LogP contribution in [0.3, 0.4) is 0 Å². The summed E-state index contributed by atoms with van der Waals surface area (Å²) in [6.45, 7) is 2.25. The first-order chi connectivity index (χ1) is 14.0. The number of fused-ring (bicyclic) bond motifs is 1. The minimum atomic E-state index is -0.332. The van der Waals surface area contributed by atoms with E-state index in [-0.39, 0.29) is 22.6 Å². The number of pyridine rings is 1. The minimum absolute atomic E-state index is 0.190. The number of carbonyl (C=O) groups is 1. The van der Waals surface area contributed by atoms with E-state index >= 15 is 0 Å². The van der Waals surface area contributed by atoms with Crippen LogP contribution in [0.2, 0.25) is 0 Å². The van der Waals surface area contributed by atoms with Gasteiger partial charge in [-0.2, -0.15) is 0 Å². The smallest absolute Gasteiger partial charge is 0.261 e. The Hall–Kier alpha value is -2.44. The van der Waals surface area contributed by atoms with Crippen LogP contribution in [0, 0.1) is 11.8 Å². The van der Waals surface area contributed by atoms with Crippen LogP contribution in [0.5, 0.6) is 0 Å². The van der Waals surface area contributed by atoms with Gasteiger partial charge in [0.15, 0.2) is 0 Å². The summed E-state index contributed by atoms with van der Waals surface area (Å²) in [6, 6.07) is 13.1. The van der Waals surface area contributed by atoms with E-state index in [1.54, 1.807) is 6.07 Å². The molecule has 4 heterocycles. The molecule has 3 aliphatic rings. The van der Waals surface area contributed by atoms with Crippen LogP contribution in [0.15, 0.2) is 47.3 Å². The maximum atomic E-state index is 13.2. The van der Waals surface area contributed by atoms with Crippen molar-refractivity contribution in [2.45, 2.75) is 24.5 Å². The zero-order valence-corrected chi connectivity index (χ0v) is 16.9. The number of hydrogen-bond acceptors (Lipinski definition) is 4. The van der Waals surface area contributed by atoms with E-state index in [4.69, 9.17) is 4.74 Å². The highest BCUT2D eigenvalue weighted by Gasteiger charge is 2.63. The molecule has 0 radical (unpaired) electrons. The first-order valence-corrected chi connectivity index (χ1v) is 10.4. The molecule has 3 saturated heterocycles. The first kappa shape index (κ1) is 18.6. The molecule has 0 unspecified atom stereocenters. The SMILES string of the molecule is CN(C)C[C@H]1[C@@H]2CC[C@@]3(CN(C(=O)c4ccc(-c5ccccc5)[nH]c4=O)C[C@@H]13)O2. The normalized spacial score (nSPS) is 30.2. The van der Waals surface area contributed by atoms with Crippen LogP contribution in [-0.4, -0.2) is 66.1 Å². The van der Waals surface area contributed by atoms with Crippen molar-refractivity contribution in [3.8, 4) is 11.3 Å². The van der Waals surface area contributed by atoms with Gasteiger partial charge in [-0.15, -0.1) is 0 Å². The van der Waals surface area contributed by atoms with Crippen molar-refractivity contribution in [2.75, 3.05) is 33.7 Å². The third-order valence-corrected chi connectivity index (χ3v) is 6.87. The molecule has 1 spiro atoms. The monoisotopic (exact) mass is 393 g/mol. The molecule has 1 N–H and O–H groups in total. The van der Waals surface area contributed by atoms with Gasteiger partial charge >= 0.3 is 0 Å². The Morgan fingerprint density at radius 2 is 2.03 bits per heavy atom. The summed E-state index contributed by atoms with van der Waals surface area (Å²) < 4.78 is 6.41. The minimum Gasteiger partial charge on any atom is -0.369 e. The van der Waals surface area contributed by atoms with E-state index in [0.29, 0.717) is 31.0 Å². The molecule has 6 nitrogen and oxygen atoms in total. The van der Waals surface area contributed by atoms with Gasteiger partial charge in [-0.05, 0) is 44.6 Å². The number of aromatic amines is 1. The van der Waals surface area contributed by atoms with Crippen LogP contribution in [-0.2, 0) is 4.74 Å². The topological polar surface area (TPSA) is 65.6 Å². The number of nitrogens with one attached hydrogen (secondary N) is 1. The lowest BCUT2D eigenvalue weighted by atomic mass is 9.73. The molecular weight excluding hydrogens is 366 g/mol. The average molecular weight is 393 g/mol. The van der Waals surface area contributed by atoms with Gasteiger partial charge in [0, 0.05) is 30.6 Å². The zero-order chi connectivity index (χ0) is 20.2. The fourth-order valence-electron chi connectivity index (χ4n) is 5.61. The third kappa shape index (κ3) is 3.02. The highest BCUT2D eigenvalue weighted by atomic mass is 16.5. The summed E-state index contributed by atoms with van der Waals surface area (Å²) in [7, 11) is 4.18. The van der Waals surface area contributed by atoms with E-state index in [1.165, 1.54) is 0 Å². The van der Waals surface area contributed by atoms with Crippen molar-refractivity contribution in [1.82, 2.24) is 14.8 Å². The molecular formula is C23H27N3O3. The van der Waals surface area contributed by atoms with Gasteiger partial charge in [-0.3, -0.25) is 9.59 Å². The zero-order valence-electron chi connectivity index (χ0n) is 16.9. The second-order valence-corrected chi connectivity index (χ2v) is 8.96. The van der Waals surface area contributed by atoms with Crippen LogP contribution in [0.4, 0.5) is 0 Å². The number of amides is 1. The summed E-state index contributed by atoms with van der Waals surface area (Å²) in [5, 5.41) is 0. The summed E-state index contributed by atoms with van der Waals surface area (Å²) in [6.07, 6.45) is 2.40. The van der Waals surface area contributed by atoms with Crippen molar-refractivity contribution in [2.24, 2.45) is 11.8 Å². The van der Waals surface area contributed by atoms with Crippen LogP contribution < -0.4 is 5.56 Å². The van der Waals surface area contributed by atoms with Gasteiger partial charge in [0.1, 0.15) is 5.56 Å². The van der Waals surface area contributed by atoms with Gasteiger partial charge < -0.3 is 19.5 Å². The third-order valence-electron chi connectivity index (χ3n) is 6.87. The Kier molecular flexibility index (Phi) is 4.37. The van der Waals surface area contributed by atoms with Gasteiger partial charge in [-0.25, -0.2) is 0 Å². The number of aromatic nitrogens is 1. The number of rotatable bonds is 4. The maximum Gasteiger partial charge on any atom is 0.261 e. The molecule has 4 atom stereocenters. The molecule has 0 saturated carbocycles. The van der Waals surface area contributed by atoms with E-state index < -0.39 is 0 Å². The number of likely N-dealkylation sites (tertiary alicyclic amines) is 1. The van der Waals surface area contributed by atoms with Crippen molar-refractivity contribution in [3.63, 3.8) is 0 Å². The van der Waals surface area contributed by atoms with Gasteiger partial charge in [0.2, 0.25) is 0 Å². The average Bonchev–Trinajstić information content (AvgIpc) is 3.37. The van der Waals surface area contributed by atoms with Crippen molar-refractivity contribution in [1.29, 1.82) is 0 Å². The second kappa shape index (κ2) is 6.82. The highest BCUT2D eigenvalue weighted by molar-refractivity contribution is 5.94. The van der Waals surface area contributed by atoms with Crippen molar-refractivity contribution >= 4 is 5.91 Å². The molecule has 2 aromatic rings. The van der Waals surface area contributed by atoms with E-state index in [9.17, 15) is 9.59 Å². The lowest BCUT2D eigenvalue weighted by molar-refractivity contribution is 0.00254. The summed E-state index contributed by atoms with van der Waals surface area (Å²) in [4.78, 5) is 32.8. The van der Waals surface area contributed by atoms with Crippen LogP contribution >= 0.6 is 0 Å². The van der Waals surface area contributed by atoms with Gasteiger partial charge in [-0.1, -0.05) is 30.3 Å². The standard InChI is InChI=1S/C23H27N3O3/c1-25(2)12-17-18-13-26(14-23(18)11-10-20(17)29-23)22(28)16-8-9-19(24-21(16)27)15-6-4-3-5-7-15/h3-9,17-18,20H,10-14H2,1-2H3,(H,24,27)/t17-,18+,20+,23+/m1/s1. The molecule has 2 bridgehead atoms. The fourth-order valence-corrected chi connectivity index (χ4v) is 5.61. The van der Waals surface area contributed by atoms with Crippen molar-refractivity contribution < 1.29 is 9.53 Å². The number of H-pyrrole nitrogens is 1. The van der Waals surface area contributed by atoms with E-state index in [0.717, 1.165) is 30.6 Å².